The number of aromatic nitrogens is 1. The van der Waals surface area contributed by atoms with Crippen molar-refractivity contribution in [3.8, 4) is 0 Å². The number of nitrogens with one attached hydrogen (secondary N) is 1. The molecular weight excluding hydrogens is 254 g/mol. The van der Waals surface area contributed by atoms with Gasteiger partial charge in [0.25, 0.3) is 0 Å². The first kappa shape index (κ1) is 14.8. The predicted molar refractivity (Wildman–Crippen MR) is 79.0 cm³/mol. The molecule has 2 heterocycles. The van der Waals surface area contributed by atoms with Crippen LogP contribution in [0.4, 0.5) is 5.82 Å². The molecule has 5 nitrogen and oxygen atoms in total. The molecule has 2 rings (SSSR count). The van der Waals surface area contributed by atoms with Gasteiger partial charge in [0.15, 0.2) is 0 Å². The summed E-state index contributed by atoms with van der Waals surface area (Å²) in [5.74, 6) is 0.487. The van der Waals surface area contributed by atoms with E-state index in [-0.39, 0.29) is 5.97 Å². The Balaban J connectivity index is 1.86. The molecule has 1 atom stereocenters. The number of likely N-dealkylation sites (tertiary alicyclic amines) is 1. The Morgan fingerprint density at radius 3 is 3.00 bits per heavy atom. The highest BCUT2D eigenvalue weighted by atomic mass is 16.5. The summed E-state index contributed by atoms with van der Waals surface area (Å²) in [6.07, 6.45) is 4.07. The molecular formula is C15H23N3O2. The number of nitrogens with zero attached hydrogens (tertiary/aromatic N) is 2. The number of ether oxygens (including phenoxy) is 1. The number of likely N-dealkylation sites (N-methyl/N-ethyl adjacent to an activating group) is 1. The van der Waals surface area contributed by atoms with Crippen molar-refractivity contribution in [2.45, 2.75) is 32.7 Å². The standard InChI is InChI=1S/C15H23N3O2/c1-3-18-9-5-6-13(18)11-17-14-8-7-12(10-16-14)15(19)20-4-2/h7-8,10,13H,3-6,9,11H2,1-2H3,(H,16,17). The molecule has 1 aromatic rings. The second-order valence-corrected chi connectivity index (χ2v) is 4.96. The predicted octanol–water partition coefficient (Wildman–Crippen LogP) is 2.15. The van der Waals surface area contributed by atoms with E-state index < -0.39 is 0 Å². The van der Waals surface area contributed by atoms with Crippen molar-refractivity contribution in [2.75, 3.05) is 31.6 Å². The molecule has 1 aromatic heterocycles. The number of anilines is 1. The van der Waals surface area contributed by atoms with Crippen LogP contribution in [0.5, 0.6) is 0 Å². The Morgan fingerprint density at radius 2 is 2.35 bits per heavy atom. The van der Waals surface area contributed by atoms with Gasteiger partial charge >= 0.3 is 5.97 Å². The number of carbonyl (C=O) groups excluding carboxylic acids is 1. The van der Waals surface area contributed by atoms with Gasteiger partial charge in [-0.2, -0.15) is 0 Å². The summed E-state index contributed by atoms with van der Waals surface area (Å²) < 4.78 is 4.93. The van der Waals surface area contributed by atoms with Crippen LogP contribution in [0, 0.1) is 0 Å². The minimum absolute atomic E-state index is 0.320. The maximum Gasteiger partial charge on any atom is 0.339 e. The van der Waals surface area contributed by atoms with E-state index in [9.17, 15) is 4.79 Å². The number of hydrogen-bond acceptors (Lipinski definition) is 5. The highest BCUT2D eigenvalue weighted by molar-refractivity contribution is 5.89. The molecule has 0 amide bonds. The minimum Gasteiger partial charge on any atom is -0.462 e. The Hall–Kier alpha value is -1.62. The van der Waals surface area contributed by atoms with E-state index in [2.05, 4.69) is 22.1 Å². The van der Waals surface area contributed by atoms with Crippen LogP contribution in [-0.4, -0.2) is 48.1 Å². The molecule has 0 spiro atoms. The van der Waals surface area contributed by atoms with Crippen molar-refractivity contribution in [3.63, 3.8) is 0 Å². The molecule has 0 aliphatic carbocycles. The van der Waals surface area contributed by atoms with E-state index in [1.807, 2.05) is 6.07 Å². The molecule has 20 heavy (non-hydrogen) atoms. The summed E-state index contributed by atoms with van der Waals surface area (Å²) in [7, 11) is 0. The lowest BCUT2D eigenvalue weighted by Crippen LogP contribution is -2.34. The summed E-state index contributed by atoms with van der Waals surface area (Å²) in [5.41, 5.74) is 0.494. The van der Waals surface area contributed by atoms with Gasteiger partial charge in [-0.25, -0.2) is 9.78 Å². The van der Waals surface area contributed by atoms with Gasteiger partial charge in [-0.3, -0.25) is 4.90 Å². The van der Waals surface area contributed by atoms with Crippen molar-refractivity contribution < 1.29 is 9.53 Å². The highest BCUT2D eigenvalue weighted by Gasteiger charge is 2.22. The fraction of sp³-hybridized carbons (Fsp3) is 0.600. The lowest BCUT2D eigenvalue weighted by Gasteiger charge is -2.23. The summed E-state index contributed by atoms with van der Waals surface area (Å²) in [6, 6.07) is 4.17. The molecule has 0 aromatic carbocycles. The summed E-state index contributed by atoms with van der Waals surface area (Å²) >= 11 is 0. The first-order valence-corrected chi connectivity index (χ1v) is 7.35. The zero-order chi connectivity index (χ0) is 14.4. The third-order valence-electron chi connectivity index (χ3n) is 3.70. The van der Waals surface area contributed by atoms with E-state index in [0.717, 1.165) is 18.9 Å². The van der Waals surface area contributed by atoms with Gasteiger partial charge in [-0.05, 0) is 45.0 Å². The number of rotatable bonds is 6. The largest absolute Gasteiger partial charge is 0.462 e. The Kier molecular flexibility index (Phi) is 5.35. The first-order chi connectivity index (χ1) is 9.74. The molecule has 1 aliphatic rings. The fourth-order valence-corrected chi connectivity index (χ4v) is 2.60. The molecule has 1 aliphatic heterocycles. The molecule has 1 saturated heterocycles. The third kappa shape index (κ3) is 3.70. The minimum atomic E-state index is -0.320. The van der Waals surface area contributed by atoms with Crippen molar-refractivity contribution in [1.29, 1.82) is 0 Å². The smallest absolute Gasteiger partial charge is 0.339 e. The monoisotopic (exact) mass is 277 g/mol. The van der Waals surface area contributed by atoms with E-state index >= 15 is 0 Å². The van der Waals surface area contributed by atoms with Crippen LogP contribution < -0.4 is 5.32 Å². The normalized spacial score (nSPS) is 19.0. The molecule has 0 saturated carbocycles. The van der Waals surface area contributed by atoms with Gasteiger partial charge in [-0.1, -0.05) is 6.92 Å². The van der Waals surface area contributed by atoms with Crippen molar-refractivity contribution in [2.24, 2.45) is 0 Å². The second-order valence-electron chi connectivity index (χ2n) is 4.96. The SMILES string of the molecule is CCOC(=O)c1ccc(NCC2CCCN2CC)nc1. The Morgan fingerprint density at radius 1 is 1.50 bits per heavy atom. The van der Waals surface area contributed by atoms with Gasteiger partial charge in [0.1, 0.15) is 5.82 Å². The van der Waals surface area contributed by atoms with Gasteiger partial charge in [-0.15, -0.1) is 0 Å². The quantitative estimate of drug-likeness (QED) is 0.808. The van der Waals surface area contributed by atoms with Gasteiger partial charge in [0, 0.05) is 18.8 Å². The average molecular weight is 277 g/mol. The van der Waals surface area contributed by atoms with E-state index in [1.165, 1.54) is 19.4 Å². The molecule has 1 unspecified atom stereocenters. The number of esters is 1. The van der Waals surface area contributed by atoms with Crippen LogP contribution in [0.1, 0.15) is 37.0 Å². The maximum atomic E-state index is 11.5. The average Bonchev–Trinajstić information content (AvgIpc) is 2.93. The molecule has 0 bridgehead atoms. The lowest BCUT2D eigenvalue weighted by molar-refractivity contribution is 0.0526. The first-order valence-electron chi connectivity index (χ1n) is 7.35. The van der Waals surface area contributed by atoms with Gasteiger partial charge in [0.05, 0.1) is 12.2 Å². The topological polar surface area (TPSA) is 54.5 Å². The van der Waals surface area contributed by atoms with Crippen molar-refractivity contribution >= 4 is 11.8 Å². The lowest BCUT2D eigenvalue weighted by atomic mass is 10.2. The van der Waals surface area contributed by atoms with Crippen LogP contribution in [0.3, 0.4) is 0 Å². The van der Waals surface area contributed by atoms with Crippen LogP contribution >= 0.6 is 0 Å². The van der Waals surface area contributed by atoms with Crippen molar-refractivity contribution in [1.82, 2.24) is 9.88 Å². The molecule has 1 N–H and O–H groups in total. The van der Waals surface area contributed by atoms with Gasteiger partial charge in [0.2, 0.25) is 0 Å². The molecule has 5 heteroatoms. The highest BCUT2D eigenvalue weighted by Crippen LogP contribution is 2.17. The number of pyridine rings is 1. The Labute approximate surface area is 120 Å². The van der Waals surface area contributed by atoms with Crippen LogP contribution in [-0.2, 0) is 4.74 Å². The van der Waals surface area contributed by atoms with Crippen LogP contribution in [0.15, 0.2) is 18.3 Å². The zero-order valence-electron chi connectivity index (χ0n) is 12.3. The van der Waals surface area contributed by atoms with Crippen molar-refractivity contribution in [3.05, 3.63) is 23.9 Å². The fourth-order valence-electron chi connectivity index (χ4n) is 2.60. The van der Waals surface area contributed by atoms with Crippen LogP contribution in [0.25, 0.3) is 0 Å². The van der Waals surface area contributed by atoms with E-state index in [1.54, 1.807) is 19.2 Å². The number of hydrogen-bond donors (Lipinski definition) is 1. The molecule has 1 fully saturated rings. The maximum absolute atomic E-state index is 11.5. The molecule has 0 radical (unpaired) electrons. The second kappa shape index (κ2) is 7.24. The molecule has 110 valence electrons. The zero-order valence-corrected chi connectivity index (χ0v) is 12.3. The third-order valence-corrected chi connectivity index (χ3v) is 3.70. The van der Waals surface area contributed by atoms with E-state index in [0.29, 0.717) is 18.2 Å². The Bertz CT molecular complexity index is 433. The summed E-state index contributed by atoms with van der Waals surface area (Å²) in [6.45, 7) is 7.57. The van der Waals surface area contributed by atoms with E-state index in [4.69, 9.17) is 4.74 Å². The summed E-state index contributed by atoms with van der Waals surface area (Å²) in [4.78, 5) is 18.3. The van der Waals surface area contributed by atoms with Crippen LogP contribution in [0.2, 0.25) is 0 Å². The van der Waals surface area contributed by atoms with Gasteiger partial charge < -0.3 is 10.1 Å². The summed E-state index contributed by atoms with van der Waals surface area (Å²) in [5, 5.41) is 3.34. The number of carbonyl (C=O) groups is 1.